The predicted molar refractivity (Wildman–Crippen MR) is 52.2 cm³/mol. The molecule has 0 spiro atoms. The number of nitrogens with one attached hydrogen (secondary N) is 1. The summed E-state index contributed by atoms with van der Waals surface area (Å²) in [4.78, 5) is 11.2. The van der Waals surface area contributed by atoms with Crippen molar-refractivity contribution in [3.8, 4) is 0 Å². The van der Waals surface area contributed by atoms with Gasteiger partial charge in [0.15, 0.2) is 0 Å². The fraction of sp³-hybridized carbons (Fsp3) is 0.889. The molecule has 0 fully saturated rings. The van der Waals surface area contributed by atoms with E-state index in [0.29, 0.717) is 19.5 Å². The van der Waals surface area contributed by atoms with Crippen molar-refractivity contribution in [1.82, 2.24) is 5.32 Å². The highest BCUT2D eigenvalue weighted by Gasteiger charge is 2.20. The number of hydrogen-bond donors (Lipinski definition) is 3. The van der Waals surface area contributed by atoms with E-state index >= 15 is 0 Å². The Hall–Kier alpha value is -0.610. The molecule has 0 aromatic heterocycles. The zero-order chi connectivity index (χ0) is 10.3. The van der Waals surface area contributed by atoms with Crippen molar-refractivity contribution in [1.29, 1.82) is 0 Å². The van der Waals surface area contributed by atoms with E-state index in [1.165, 1.54) is 0 Å². The number of carbonyl (C=O) groups excluding carboxylic acids is 1. The van der Waals surface area contributed by atoms with Crippen LogP contribution < -0.4 is 11.1 Å². The summed E-state index contributed by atoms with van der Waals surface area (Å²) in [5.41, 5.74) is 4.95. The summed E-state index contributed by atoms with van der Waals surface area (Å²) >= 11 is 0. The van der Waals surface area contributed by atoms with Gasteiger partial charge in [0.25, 0.3) is 0 Å². The number of carbonyl (C=O) groups is 1. The van der Waals surface area contributed by atoms with Gasteiger partial charge in [0.2, 0.25) is 5.91 Å². The minimum Gasteiger partial charge on any atom is -0.396 e. The Bertz CT molecular complexity index is 158. The molecule has 4 N–H and O–H groups in total. The number of aliphatic hydroxyl groups is 1. The predicted octanol–water partition coefficient (Wildman–Crippen LogP) is -0.140. The largest absolute Gasteiger partial charge is 0.396 e. The van der Waals surface area contributed by atoms with Crippen LogP contribution in [-0.2, 0) is 4.79 Å². The van der Waals surface area contributed by atoms with E-state index in [2.05, 4.69) is 5.32 Å². The average molecular weight is 188 g/mol. The summed E-state index contributed by atoms with van der Waals surface area (Å²) in [5, 5.41) is 11.7. The van der Waals surface area contributed by atoms with Gasteiger partial charge in [-0.1, -0.05) is 13.8 Å². The molecular formula is C9H20N2O2. The van der Waals surface area contributed by atoms with Crippen molar-refractivity contribution in [3.05, 3.63) is 0 Å². The monoisotopic (exact) mass is 188 g/mol. The standard InChI is InChI=1S/C9H20N2O2/c1-9(2,7-12)6-8(13)11-5-3-4-10/h12H,3-7,10H2,1-2H3,(H,11,13). The zero-order valence-corrected chi connectivity index (χ0v) is 8.47. The number of hydrogen-bond acceptors (Lipinski definition) is 3. The number of rotatable bonds is 6. The van der Waals surface area contributed by atoms with Gasteiger partial charge in [-0.15, -0.1) is 0 Å². The van der Waals surface area contributed by atoms with Crippen LogP contribution in [0.25, 0.3) is 0 Å². The second-order valence-electron chi connectivity index (χ2n) is 3.99. The summed E-state index contributed by atoms with van der Waals surface area (Å²) < 4.78 is 0. The lowest BCUT2D eigenvalue weighted by Crippen LogP contribution is -2.31. The van der Waals surface area contributed by atoms with Crippen molar-refractivity contribution < 1.29 is 9.90 Å². The third-order valence-electron chi connectivity index (χ3n) is 1.77. The van der Waals surface area contributed by atoms with E-state index in [0.717, 1.165) is 6.42 Å². The van der Waals surface area contributed by atoms with Crippen molar-refractivity contribution in [2.75, 3.05) is 19.7 Å². The van der Waals surface area contributed by atoms with E-state index in [1.807, 2.05) is 13.8 Å². The quantitative estimate of drug-likeness (QED) is 0.508. The van der Waals surface area contributed by atoms with Gasteiger partial charge in [-0.05, 0) is 18.4 Å². The van der Waals surface area contributed by atoms with Crippen LogP contribution in [0.4, 0.5) is 0 Å². The molecule has 0 aromatic carbocycles. The first-order valence-corrected chi connectivity index (χ1v) is 4.59. The highest BCUT2D eigenvalue weighted by atomic mass is 16.3. The molecule has 0 saturated heterocycles. The fourth-order valence-corrected chi connectivity index (χ4v) is 0.883. The Balaban J connectivity index is 3.62. The Labute approximate surface area is 79.5 Å². The van der Waals surface area contributed by atoms with E-state index in [9.17, 15) is 4.79 Å². The molecule has 0 saturated carbocycles. The molecule has 13 heavy (non-hydrogen) atoms. The lowest BCUT2D eigenvalue weighted by molar-refractivity contribution is -0.123. The molecule has 0 radical (unpaired) electrons. The fourth-order valence-electron chi connectivity index (χ4n) is 0.883. The van der Waals surface area contributed by atoms with Gasteiger partial charge in [-0.2, -0.15) is 0 Å². The lowest BCUT2D eigenvalue weighted by atomic mass is 9.90. The summed E-state index contributed by atoms with van der Waals surface area (Å²) in [6.45, 7) is 4.95. The maximum Gasteiger partial charge on any atom is 0.220 e. The first-order valence-electron chi connectivity index (χ1n) is 4.59. The molecule has 0 aliphatic heterocycles. The van der Waals surface area contributed by atoms with Crippen LogP contribution in [0.1, 0.15) is 26.7 Å². The number of amides is 1. The molecule has 0 unspecified atom stereocenters. The van der Waals surface area contributed by atoms with Crippen LogP contribution in [0.15, 0.2) is 0 Å². The van der Waals surface area contributed by atoms with Crippen molar-refractivity contribution in [3.63, 3.8) is 0 Å². The Morgan fingerprint density at radius 3 is 2.62 bits per heavy atom. The van der Waals surface area contributed by atoms with Crippen LogP contribution in [0.5, 0.6) is 0 Å². The van der Waals surface area contributed by atoms with Gasteiger partial charge in [0.1, 0.15) is 0 Å². The molecule has 4 heteroatoms. The minimum absolute atomic E-state index is 0.0208. The molecule has 0 atom stereocenters. The second-order valence-corrected chi connectivity index (χ2v) is 3.99. The molecule has 0 rings (SSSR count). The maximum absolute atomic E-state index is 11.2. The highest BCUT2D eigenvalue weighted by molar-refractivity contribution is 5.76. The molecule has 78 valence electrons. The van der Waals surface area contributed by atoms with Crippen LogP contribution in [0.2, 0.25) is 0 Å². The van der Waals surface area contributed by atoms with Crippen LogP contribution in [0.3, 0.4) is 0 Å². The van der Waals surface area contributed by atoms with E-state index < -0.39 is 0 Å². The summed E-state index contributed by atoms with van der Waals surface area (Å²) in [6.07, 6.45) is 1.15. The maximum atomic E-state index is 11.2. The molecule has 0 bridgehead atoms. The Morgan fingerprint density at radius 1 is 1.54 bits per heavy atom. The molecule has 0 aliphatic carbocycles. The van der Waals surface area contributed by atoms with Gasteiger partial charge < -0.3 is 16.2 Å². The van der Waals surface area contributed by atoms with Crippen LogP contribution >= 0.6 is 0 Å². The van der Waals surface area contributed by atoms with Crippen molar-refractivity contribution in [2.24, 2.45) is 11.1 Å². The smallest absolute Gasteiger partial charge is 0.220 e. The highest BCUT2D eigenvalue weighted by Crippen LogP contribution is 2.18. The van der Waals surface area contributed by atoms with Crippen molar-refractivity contribution in [2.45, 2.75) is 26.7 Å². The van der Waals surface area contributed by atoms with E-state index in [4.69, 9.17) is 10.8 Å². The lowest BCUT2D eigenvalue weighted by Gasteiger charge is -2.20. The van der Waals surface area contributed by atoms with Gasteiger partial charge in [0, 0.05) is 19.6 Å². The Kier molecular flexibility index (Phi) is 5.66. The number of aliphatic hydroxyl groups excluding tert-OH is 1. The van der Waals surface area contributed by atoms with Gasteiger partial charge in [-0.25, -0.2) is 0 Å². The summed E-state index contributed by atoms with van der Waals surface area (Å²) in [7, 11) is 0. The average Bonchev–Trinajstić information content (AvgIpc) is 2.04. The van der Waals surface area contributed by atoms with Gasteiger partial charge in [0.05, 0.1) is 0 Å². The third kappa shape index (κ3) is 6.54. The topological polar surface area (TPSA) is 75.3 Å². The Morgan fingerprint density at radius 2 is 2.15 bits per heavy atom. The van der Waals surface area contributed by atoms with E-state index in [-0.39, 0.29) is 17.9 Å². The molecule has 0 heterocycles. The minimum atomic E-state index is -0.327. The van der Waals surface area contributed by atoms with Crippen LogP contribution in [-0.4, -0.2) is 30.7 Å². The molecule has 0 aliphatic rings. The summed E-state index contributed by atoms with van der Waals surface area (Å²) in [5.74, 6) is -0.0208. The SMILES string of the molecule is CC(C)(CO)CC(=O)NCCCN. The molecular weight excluding hydrogens is 168 g/mol. The normalized spacial score (nSPS) is 11.4. The van der Waals surface area contributed by atoms with Gasteiger partial charge >= 0.3 is 0 Å². The molecule has 4 nitrogen and oxygen atoms in total. The van der Waals surface area contributed by atoms with Crippen molar-refractivity contribution >= 4 is 5.91 Å². The first-order chi connectivity index (χ1) is 6.02. The van der Waals surface area contributed by atoms with E-state index in [1.54, 1.807) is 0 Å². The third-order valence-corrected chi connectivity index (χ3v) is 1.77. The van der Waals surface area contributed by atoms with Crippen LogP contribution in [0, 0.1) is 5.41 Å². The molecule has 0 aromatic rings. The molecule has 1 amide bonds. The summed E-state index contributed by atoms with van der Waals surface area (Å²) in [6, 6.07) is 0. The second kappa shape index (κ2) is 5.94. The number of nitrogens with two attached hydrogens (primary N) is 1. The van der Waals surface area contributed by atoms with Gasteiger partial charge in [-0.3, -0.25) is 4.79 Å². The first kappa shape index (κ1) is 12.4. The zero-order valence-electron chi connectivity index (χ0n) is 8.47.